The first kappa shape index (κ1) is 14.9. The smallest absolute Gasteiger partial charge is 0.212 e. The minimum absolute atomic E-state index is 0.173. The second-order valence-electron chi connectivity index (χ2n) is 5.34. The van der Waals surface area contributed by atoms with Gasteiger partial charge in [-0.2, -0.15) is 0 Å². The average molecular weight is 262 g/mol. The van der Waals surface area contributed by atoms with Crippen LogP contribution in [0.4, 0.5) is 0 Å². The summed E-state index contributed by atoms with van der Waals surface area (Å²) in [6.07, 6.45) is 4.96. The summed E-state index contributed by atoms with van der Waals surface area (Å²) in [4.78, 5) is 0. The molecule has 2 N–H and O–H groups in total. The molecule has 1 aliphatic carbocycles. The number of hydrogen-bond donors (Lipinski definition) is 2. The van der Waals surface area contributed by atoms with Gasteiger partial charge in [0.25, 0.3) is 0 Å². The van der Waals surface area contributed by atoms with Gasteiger partial charge in [-0.3, -0.25) is 0 Å². The second-order valence-corrected chi connectivity index (χ2v) is 7.39. The molecule has 17 heavy (non-hydrogen) atoms. The normalized spacial score (nSPS) is 26.4. The van der Waals surface area contributed by atoms with Gasteiger partial charge in [-0.25, -0.2) is 13.1 Å². The van der Waals surface area contributed by atoms with Crippen molar-refractivity contribution in [3.05, 3.63) is 0 Å². The Hall–Kier alpha value is -0.130. The summed E-state index contributed by atoms with van der Waals surface area (Å²) in [5.74, 6) is 1.70. The van der Waals surface area contributed by atoms with E-state index < -0.39 is 10.0 Å². The SMILES string of the molecule is CNS(=O)(=O)CCNC1CCCC(C(C)C)C1. The number of nitrogens with one attached hydrogen (secondary N) is 2. The van der Waals surface area contributed by atoms with Crippen LogP contribution in [0, 0.1) is 11.8 Å². The third-order valence-corrected chi connectivity index (χ3v) is 5.14. The van der Waals surface area contributed by atoms with E-state index in [2.05, 4.69) is 23.9 Å². The lowest BCUT2D eigenvalue weighted by Crippen LogP contribution is -2.39. The summed E-state index contributed by atoms with van der Waals surface area (Å²) in [6.45, 7) is 5.11. The number of rotatable bonds is 6. The van der Waals surface area contributed by atoms with Crippen molar-refractivity contribution in [3.8, 4) is 0 Å². The van der Waals surface area contributed by atoms with Gasteiger partial charge in [0.15, 0.2) is 0 Å². The molecule has 0 aliphatic heterocycles. The summed E-state index contributed by atoms with van der Waals surface area (Å²) < 4.78 is 24.9. The van der Waals surface area contributed by atoms with Crippen LogP contribution in [-0.2, 0) is 10.0 Å². The van der Waals surface area contributed by atoms with Crippen molar-refractivity contribution >= 4 is 10.0 Å². The maximum Gasteiger partial charge on any atom is 0.212 e. The van der Waals surface area contributed by atoms with Crippen molar-refractivity contribution in [2.24, 2.45) is 11.8 Å². The van der Waals surface area contributed by atoms with Crippen molar-refractivity contribution in [1.82, 2.24) is 10.0 Å². The summed E-state index contributed by atoms with van der Waals surface area (Å²) in [5, 5.41) is 3.38. The molecule has 0 spiro atoms. The topological polar surface area (TPSA) is 58.2 Å². The van der Waals surface area contributed by atoms with Crippen LogP contribution in [0.3, 0.4) is 0 Å². The van der Waals surface area contributed by atoms with Crippen LogP contribution in [-0.4, -0.2) is 33.8 Å². The van der Waals surface area contributed by atoms with Gasteiger partial charge in [-0.15, -0.1) is 0 Å². The molecule has 1 saturated carbocycles. The summed E-state index contributed by atoms with van der Waals surface area (Å²) in [7, 11) is -1.60. The molecule has 0 heterocycles. The average Bonchev–Trinajstić information content (AvgIpc) is 2.29. The molecule has 4 nitrogen and oxygen atoms in total. The largest absolute Gasteiger partial charge is 0.313 e. The second kappa shape index (κ2) is 6.71. The standard InChI is InChI=1S/C12H26N2O2S/c1-10(2)11-5-4-6-12(9-11)14-7-8-17(15,16)13-3/h10-14H,4-9H2,1-3H3. The summed E-state index contributed by atoms with van der Waals surface area (Å²) in [6, 6.07) is 0.503. The van der Waals surface area contributed by atoms with E-state index in [-0.39, 0.29) is 5.75 Å². The lowest BCUT2D eigenvalue weighted by Gasteiger charge is -2.32. The number of sulfonamides is 1. The molecule has 5 heteroatoms. The molecule has 0 amide bonds. The molecule has 2 atom stereocenters. The Labute approximate surface area is 106 Å². The van der Waals surface area contributed by atoms with Crippen LogP contribution in [0.15, 0.2) is 0 Å². The molecule has 0 aromatic rings. The zero-order chi connectivity index (χ0) is 12.9. The van der Waals surface area contributed by atoms with E-state index in [9.17, 15) is 8.42 Å². The maximum absolute atomic E-state index is 11.3. The zero-order valence-corrected chi connectivity index (χ0v) is 12.0. The quantitative estimate of drug-likeness (QED) is 0.759. The molecule has 0 bridgehead atoms. The van der Waals surface area contributed by atoms with Crippen molar-refractivity contribution in [3.63, 3.8) is 0 Å². The lowest BCUT2D eigenvalue weighted by molar-refractivity contribution is 0.233. The van der Waals surface area contributed by atoms with Gasteiger partial charge in [0.05, 0.1) is 5.75 Å². The molecule has 0 radical (unpaired) electrons. The van der Waals surface area contributed by atoms with Crippen LogP contribution >= 0.6 is 0 Å². The fourth-order valence-corrected chi connectivity index (χ4v) is 3.11. The van der Waals surface area contributed by atoms with Gasteiger partial charge in [0, 0.05) is 12.6 Å². The highest BCUT2D eigenvalue weighted by Gasteiger charge is 2.23. The minimum atomic E-state index is -3.06. The fourth-order valence-electron chi connectivity index (χ4n) is 2.52. The van der Waals surface area contributed by atoms with E-state index in [1.165, 1.54) is 32.7 Å². The highest BCUT2D eigenvalue weighted by Crippen LogP contribution is 2.29. The van der Waals surface area contributed by atoms with Gasteiger partial charge in [-0.05, 0) is 31.7 Å². The van der Waals surface area contributed by atoms with Crippen molar-refractivity contribution in [2.45, 2.75) is 45.6 Å². The van der Waals surface area contributed by atoms with Gasteiger partial charge >= 0.3 is 0 Å². The van der Waals surface area contributed by atoms with Gasteiger partial charge in [0.2, 0.25) is 10.0 Å². The Balaban J connectivity index is 2.28. The third kappa shape index (κ3) is 5.36. The molecular formula is C12H26N2O2S. The predicted octanol–water partition coefficient (Wildman–Crippen LogP) is 1.34. The minimum Gasteiger partial charge on any atom is -0.313 e. The highest BCUT2D eigenvalue weighted by molar-refractivity contribution is 7.89. The maximum atomic E-state index is 11.3. The van der Waals surface area contributed by atoms with Crippen LogP contribution in [0.1, 0.15) is 39.5 Å². The van der Waals surface area contributed by atoms with Crippen molar-refractivity contribution in [2.75, 3.05) is 19.3 Å². The van der Waals surface area contributed by atoms with E-state index in [0.717, 1.165) is 11.8 Å². The van der Waals surface area contributed by atoms with Crippen LogP contribution in [0.25, 0.3) is 0 Å². The van der Waals surface area contributed by atoms with Gasteiger partial charge in [0.1, 0.15) is 0 Å². The molecule has 102 valence electrons. The summed E-state index contributed by atoms with van der Waals surface area (Å²) in [5.41, 5.74) is 0. The first-order valence-corrected chi connectivity index (χ1v) is 8.24. The zero-order valence-electron chi connectivity index (χ0n) is 11.2. The number of hydrogen-bond acceptors (Lipinski definition) is 3. The molecule has 1 aliphatic rings. The molecule has 1 rings (SSSR count). The van der Waals surface area contributed by atoms with Crippen LogP contribution in [0.5, 0.6) is 0 Å². The third-order valence-electron chi connectivity index (χ3n) is 3.77. The molecule has 1 fully saturated rings. The predicted molar refractivity (Wildman–Crippen MR) is 71.4 cm³/mol. The van der Waals surface area contributed by atoms with E-state index >= 15 is 0 Å². The molecule has 2 unspecified atom stereocenters. The van der Waals surface area contributed by atoms with E-state index in [0.29, 0.717) is 12.6 Å². The summed E-state index contributed by atoms with van der Waals surface area (Å²) >= 11 is 0. The van der Waals surface area contributed by atoms with Gasteiger partial charge in [-0.1, -0.05) is 26.7 Å². The highest BCUT2D eigenvalue weighted by atomic mass is 32.2. The first-order valence-electron chi connectivity index (χ1n) is 6.59. The Morgan fingerprint density at radius 2 is 2.00 bits per heavy atom. The van der Waals surface area contributed by atoms with E-state index in [1.807, 2.05) is 0 Å². The first-order chi connectivity index (χ1) is 7.94. The lowest BCUT2D eigenvalue weighted by atomic mass is 9.79. The Morgan fingerprint density at radius 3 is 2.59 bits per heavy atom. The van der Waals surface area contributed by atoms with Crippen molar-refractivity contribution in [1.29, 1.82) is 0 Å². The van der Waals surface area contributed by atoms with E-state index in [1.54, 1.807) is 0 Å². The Kier molecular flexibility index (Phi) is 5.89. The van der Waals surface area contributed by atoms with E-state index in [4.69, 9.17) is 0 Å². The Morgan fingerprint density at radius 1 is 1.29 bits per heavy atom. The Bertz CT molecular complexity index is 314. The molecule has 0 aromatic heterocycles. The monoisotopic (exact) mass is 262 g/mol. The molecular weight excluding hydrogens is 236 g/mol. The van der Waals surface area contributed by atoms with Gasteiger partial charge < -0.3 is 5.32 Å². The molecule has 0 aromatic carbocycles. The molecule has 0 saturated heterocycles. The van der Waals surface area contributed by atoms with Crippen LogP contribution in [0.2, 0.25) is 0 Å². The fraction of sp³-hybridized carbons (Fsp3) is 1.00. The van der Waals surface area contributed by atoms with Crippen LogP contribution < -0.4 is 10.0 Å². The van der Waals surface area contributed by atoms with Crippen molar-refractivity contribution < 1.29 is 8.42 Å².